The average molecular weight is 308 g/mol. The largest absolute Gasteiger partial charge is 0.371 e. The van der Waals surface area contributed by atoms with Crippen molar-refractivity contribution in [1.29, 1.82) is 0 Å². The Kier molecular flexibility index (Phi) is 4.64. The van der Waals surface area contributed by atoms with Crippen LogP contribution in [0, 0.1) is 0 Å². The summed E-state index contributed by atoms with van der Waals surface area (Å²) in [5, 5.41) is 0.729. The van der Waals surface area contributed by atoms with Crippen LogP contribution >= 0.6 is 11.8 Å². The third-order valence-corrected chi connectivity index (χ3v) is 5.48. The average Bonchev–Trinajstić information content (AvgIpc) is 2.88. The van der Waals surface area contributed by atoms with Gasteiger partial charge in [0, 0.05) is 12.2 Å². The van der Waals surface area contributed by atoms with Gasteiger partial charge in [-0.25, -0.2) is 4.98 Å². The van der Waals surface area contributed by atoms with Crippen molar-refractivity contribution in [3.05, 3.63) is 5.82 Å². The molecule has 3 rings (SSSR count). The van der Waals surface area contributed by atoms with Gasteiger partial charge in [0.1, 0.15) is 5.82 Å². The van der Waals surface area contributed by atoms with Crippen LogP contribution in [0.15, 0.2) is 5.16 Å². The quantitative estimate of drug-likeness (QED) is 0.862. The van der Waals surface area contributed by atoms with Crippen LogP contribution in [-0.2, 0) is 11.2 Å². The zero-order chi connectivity index (χ0) is 14.7. The number of anilines is 1. The van der Waals surface area contributed by atoms with Crippen molar-refractivity contribution in [2.24, 2.45) is 0 Å². The smallest absolute Gasteiger partial charge is 0.224 e. The number of thioether (sulfide) groups is 1. The van der Waals surface area contributed by atoms with E-state index in [0.717, 1.165) is 29.6 Å². The lowest BCUT2D eigenvalue weighted by atomic mass is 9.83. The summed E-state index contributed by atoms with van der Waals surface area (Å²) < 4.78 is 6.38. The molecule has 1 saturated heterocycles. The van der Waals surface area contributed by atoms with Crippen LogP contribution < -0.4 is 5.73 Å². The topological polar surface area (TPSA) is 73.9 Å². The molecule has 1 aliphatic heterocycles. The standard InChI is InChI=1S/C15H24N4OS/c1-2-12-17-13(16)19-14(18-12)21-10-11-6-9-15(20-11)7-4-3-5-8-15/h11H,2-10H2,1H3,(H2,16,17,18,19). The first kappa shape index (κ1) is 15.0. The Hall–Kier alpha value is -0.880. The molecule has 0 aromatic carbocycles. The third kappa shape index (κ3) is 3.66. The summed E-state index contributed by atoms with van der Waals surface area (Å²) >= 11 is 1.64. The van der Waals surface area contributed by atoms with Crippen LogP contribution in [0.3, 0.4) is 0 Å². The van der Waals surface area contributed by atoms with E-state index in [1.165, 1.54) is 38.5 Å². The highest BCUT2D eigenvalue weighted by Crippen LogP contribution is 2.42. The highest BCUT2D eigenvalue weighted by molar-refractivity contribution is 7.99. The van der Waals surface area contributed by atoms with Gasteiger partial charge < -0.3 is 10.5 Å². The van der Waals surface area contributed by atoms with E-state index >= 15 is 0 Å². The lowest BCUT2D eigenvalue weighted by molar-refractivity contribution is -0.0555. The highest BCUT2D eigenvalue weighted by atomic mass is 32.2. The lowest BCUT2D eigenvalue weighted by Crippen LogP contribution is -2.32. The lowest BCUT2D eigenvalue weighted by Gasteiger charge is -2.33. The Morgan fingerprint density at radius 2 is 2.00 bits per heavy atom. The van der Waals surface area contributed by atoms with Crippen molar-refractivity contribution in [3.8, 4) is 0 Å². The van der Waals surface area contributed by atoms with E-state index in [9.17, 15) is 0 Å². The number of aromatic nitrogens is 3. The van der Waals surface area contributed by atoms with Crippen LogP contribution in [0.2, 0.25) is 0 Å². The minimum atomic E-state index is 0.191. The number of nitrogen functional groups attached to an aromatic ring is 1. The molecular formula is C15H24N4OS. The van der Waals surface area contributed by atoms with Gasteiger partial charge in [-0.05, 0) is 25.7 Å². The van der Waals surface area contributed by atoms with Crippen molar-refractivity contribution < 1.29 is 4.74 Å². The van der Waals surface area contributed by atoms with Crippen molar-refractivity contribution in [1.82, 2.24) is 15.0 Å². The van der Waals surface area contributed by atoms with E-state index in [0.29, 0.717) is 12.1 Å². The number of aryl methyl sites for hydroxylation is 1. The molecule has 1 atom stereocenters. The SMILES string of the molecule is CCc1nc(N)nc(SCC2CCC3(CCCCC3)O2)n1. The summed E-state index contributed by atoms with van der Waals surface area (Å²) in [4.78, 5) is 12.7. The minimum Gasteiger partial charge on any atom is -0.371 e. The third-order valence-electron chi connectivity index (χ3n) is 4.50. The van der Waals surface area contributed by atoms with Gasteiger partial charge in [-0.1, -0.05) is 37.9 Å². The number of hydrogen-bond acceptors (Lipinski definition) is 6. The second-order valence-electron chi connectivity index (χ2n) is 6.08. The summed E-state index contributed by atoms with van der Waals surface area (Å²) in [5.74, 6) is 2.00. The van der Waals surface area contributed by atoms with Crippen LogP contribution in [0.4, 0.5) is 5.95 Å². The Morgan fingerprint density at radius 3 is 2.76 bits per heavy atom. The van der Waals surface area contributed by atoms with Gasteiger partial charge in [0.2, 0.25) is 5.95 Å². The first-order chi connectivity index (χ1) is 10.2. The van der Waals surface area contributed by atoms with Crippen LogP contribution in [0.25, 0.3) is 0 Å². The first-order valence-corrected chi connectivity index (χ1v) is 8.99. The molecule has 2 aliphatic rings. The zero-order valence-electron chi connectivity index (χ0n) is 12.7. The fourth-order valence-electron chi connectivity index (χ4n) is 3.38. The Balaban J connectivity index is 1.55. The van der Waals surface area contributed by atoms with Gasteiger partial charge in [-0.3, -0.25) is 0 Å². The fourth-order valence-corrected chi connectivity index (χ4v) is 4.28. The molecule has 0 radical (unpaired) electrons. The van der Waals surface area contributed by atoms with Crippen molar-refractivity contribution >= 4 is 17.7 Å². The maximum absolute atomic E-state index is 6.38. The van der Waals surface area contributed by atoms with Crippen LogP contribution in [0.5, 0.6) is 0 Å². The molecule has 1 aliphatic carbocycles. The Bertz CT molecular complexity index is 491. The van der Waals surface area contributed by atoms with E-state index in [1.54, 1.807) is 11.8 Å². The van der Waals surface area contributed by atoms with Crippen molar-refractivity contribution in [2.45, 2.75) is 75.2 Å². The Labute approximate surface area is 130 Å². The minimum absolute atomic E-state index is 0.191. The number of nitrogens with zero attached hydrogens (tertiary/aromatic N) is 3. The predicted octanol–water partition coefficient (Wildman–Crippen LogP) is 2.99. The molecule has 21 heavy (non-hydrogen) atoms. The highest BCUT2D eigenvalue weighted by Gasteiger charge is 2.40. The van der Waals surface area contributed by atoms with Gasteiger partial charge in [0.05, 0.1) is 11.7 Å². The monoisotopic (exact) mass is 308 g/mol. The van der Waals surface area contributed by atoms with E-state index in [4.69, 9.17) is 10.5 Å². The second-order valence-corrected chi connectivity index (χ2v) is 7.07. The van der Waals surface area contributed by atoms with E-state index < -0.39 is 0 Å². The number of rotatable bonds is 4. The predicted molar refractivity (Wildman–Crippen MR) is 84.3 cm³/mol. The molecule has 0 bridgehead atoms. The van der Waals surface area contributed by atoms with E-state index in [2.05, 4.69) is 15.0 Å². The van der Waals surface area contributed by atoms with Crippen molar-refractivity contribution in [2.75, 3.05) is 11.5 Å². The molecule has 0 amide bonds. The Morgan fingerprint density at radius 1 is 1.19 bits per heavy atom. The first-order valence-electron chi connectivity index (χ1n) is 8.00. The molecule has 2 heterocycles. The summed E-state index contributed by atoms with van der Waals surface area (Å²) in [5.41, 5.74) is 5.91. The summed E-state index contributed by atoms with van der Waals surface area (Å²) in [6.07, 6.45) is 9.99. The van der Waals surface area contributed by atoms with E-state index in [1.807, 2.05) is 6.92 Å². The summed E-state index contributed by atoms with van der Waals surface area (Å²) in [7, 11) is 0. The number of hydrogen-bond donors (Lipinski definition) is 1. The molecule has 2 fully saturated rings. The maximum Gasteiger partial charge on any atom is 0.224 e. The molecule has 1 spiro atoms. The van der Waals surface area contributed by atoms with Gasteiger partial charge in [0.25, 0.3) is 0 Å². The molecule has 2 N–H and O–H groups in total. The second kappa shape index (κ2) is 6.48. The summed E-state index contributed by atoms with van der Waals surface area (Å²) in [6, 6.07) is 0. The van der Waals surface area contributed by atoms with Crippen LogP contribution in [-0.4, -0.2) is 32.4 Å². The normalized spacial score (nSPS) is 24.5. The van der Waals surface area contributed by atoms with Crippen LogP contribution in [0.1, 0.15) is 57.7 Å². The zero-order valence-corrected chi connectivity index (χ0v) is 13.5. The fraction of sp³-hybridized carbons (Fsp3) is 0.800. The molecule has 1 saturated carbocycles. The van der Waals surface area contributed by atoms with Crippen molar-refractivity contribution in [3.63, 3.8) is 0 Å². The number of nitrogens with two attached hydrogens (primary N) is 1. The van der Waals surface area contributed by atoms with Gasteiger partial charge >= 0.3 is 0 Å². The van der Waals surface area contributed by atoms with E-state index in [-0.39, 0.29) is 5.60 Å². The molecular weight excluding hydrogens is 284 g/mol. The van der Waals surface area contributed by atoms with Gasteiger partial charge in [-0.15, -0.1) is 0 Å². The molecule has 116 valence electrons. The maximum atomic E-state index is 6.38. The van der Waals surface area contributed by atoms with Gasteiger partial charge in [-0.2, -0.15) is 9.97 Å². The van der Waals surface area contributed by atoms with Gasteiger partial charge in [0.15, 0.2) is 5.16 Å². The number of ether oxygens (including phenoxy) is 1. The molecule has 1 aromatic rings. The molecule has 1 unspecified atom stereocenters. The molecule has 6 heteroatoms. The molecule has 5 nitrogen and oxygen atoms in total. The molecule has 1 aromatic heterocycles. The summed E-state index contributed by atoms with van der Waals surface area (Å²) in [6.45, 7) is 2.02.